The highest BCUT2D eigenvalue weighted by atomic mass is 32.2. The lowest BCUT2D eigenvalue weighted by molar-refractivity contribution is -0.115. The maximum atomic E-state index is 12.9. The van der Waals surface area contributed by atoms with E-state index in [0.717, 1.165) is 5.56 Å². The molecular formula is C16H14FN5OS. The molecule has 24 heavy (non-hydrogen) atoms. The number of nitrogens with one attached hydrogen (secondary N) is 2. The summed E-state index contributed by atoms with van der Waals surface area (Å²) in [5.74, 6) is 0.0627. The SMILES string of the molecule is C[C@@H](Sc1n[nH]c(-c2ccncc2)n1)C(=O)Nc1ccc(F)cc1. The average molecular weight is 343 g/mol. The van der Waals surface area contributed by atoms with E-state index in [1.165, 1.54) is 36.0 Å². The van der Waals surface area contributed by atoms with Crippen LogP contribution in [0.15, 0.2) is 53.9 Å². The Kier molecular flexibility index (Phi) is 4.85. The van der Waals surface area contributed by atoms with E-state index >= 15 is 0 Å². The van der Waals surface area contributed by atoms with Crippen molar-refractivity contribution in [2.24, 2.45) is 0 Å². The Morgan fingerprint density at radius 3 is 2.62 bits per heavy atom. The van der Waals surface area contributed by atoms with Crippen LogP contribution in [0.2, 0.25) is 0 Å². The average Bonchev–Trinajstić information content (AvgIpc) is 3.06. The molecule has 3 rings (SSSR count). The first kappa shape index (κ1) is 16.1. The van der Waals surface area contributed by atoms with Crippen LogP contribution in [-0.2, 0) is 4.79 Å². The number of nitrogens with zero attached hydrogens (tertiary/aromatic N) is 3. The van der Waals surface area contributed by atoms with Gasteiger partial charge in [-0.05, 0) is 43.3 Å². The van der Waals surface area contributed by atoms with Gasteiger partial charge in [0.25, 0.3) is 0 Å². The number of H-pyrrole nitrogens is 1. The van der Waals surface area contributed by atoms with Gasteiger partial charge in [0.15, 0.2) is 5.82 Å². The summed E-state index contributed by atoms with van der Waals surface area (Å²) in [6.45, 7) is 1.76. The van der Waals surface area contributed by atoms with E-state index in [9.17, 15) is 9.18 Å². The van der Waals surface area contributed by atoms with Crippen molar-refractivity contribution in [1.82, 2.24) is 20.2 Å². The van der Waals surface area contributed by atoms with Crippen molar-refractivity contribution < 1.29 is 9.18 Å². The van der Waals surface area contributed by atoms with Crippen molar-refractivity contribution >= 4 is 23.4 Å². The Bertz CT molecular complexity index is 822. The summed E-state index contributed by atoms with van der Waals surface area (Å²) in [7, 11) is 0. The summed E-state index contributed by atoms with van der Waals surface area (Å²) in [5.41, 5.74) is 1.41. The zero-order valence-electron chi connectivity index (χ0n) is 12.7. The number of pyridine rings is 1. The molecule has 0 spiro atoms. The van der Waals surface area contributed by atoms with Crippen molar-refractivity contribution in [3.8, 4) is 11.4 Å². The molecule has 0 unspecified atom stereocenters. The quantitative estimate of drug-likeness (QED) is 0.696. The molecule has 0 aliphatic heterocycles. The summed E-state index contributed by atoms with van der Waals surface area (Å²) < 4.78 is 12.9. The van der Waals surface area contributed by atoms with E-state index in [-0.39, 0.29) is 11.7 Å². The predicted octanol–water partition coefficient (Wildman–Crippen LogP) is 3.13. The number of rotatable bonds is 5. The number of hydrogen-bond donors (Lipinski definition) is 2. The van der Waals surface area contributed by atoms with Crippen molar-refractivity contribution in [3.05, 3.63) is 54.6 Å². The summed E-state index contributed by atoms with van der Waals surface area (Å²) >= 11 is 1.23. The van der Waals surface area contributed by atoms with Gasteiger partial charge >= 0.3 is 0 Å². The molecule has 2 aromatic heterocycles. The van der Waals surface area contributed by atoms with Crippen LogP contribution in [0.3, 0.4) is 0 Å². The van der Waals surface area contributed by atoms with Gasteiger partial charge in [0.1, 0.15) is 5.82 Å². The summed E-state index contributed by atoms with van der Waals surface area (Å²) in [6, 6.07) is 9.25. The van der Waals surface area contributed by atoms with Crippen LogP contribution < -0.4 is 5.32 Å². The second kappa shape index (κ2) is 7.22. The highest BCUT2D eigenvalue weighted by Crippen LogP contribution is 2.23. The number of thioether (sulfide) groups is 1. The molecule has 2 heterocycles. The standard InChI is InChI=1S/C16H14FN5OS/c1-10(15(23)19-13-4-2-12(17)3-5-13)24-16-20-14(21-22-16)11-6-8-18-9-7-11/h2-10H,1H3,(H,19,23)(H,20,21,22)/t10-/m1/s1. The first-order chi connectivity index (χ1) is 11.6. The number of halogens is 1. The van der Waals surface area contributed by atoms with Crippen LogP contribution in [0.5, 0.6) is 0 Å². The van der Waals surface area contributed by atoms with Gasteiger partial charge in [-0.3, -0.25) is 14.9 Å². The van der Waals surface area contributed by atoms with Gasteiger partial charge in [0.05, 0.1) is 5.25 Å². The number of carbonyl (C=O) groups is 1. The van der Waals surface area contributed by atoms with Gasteiger partial charge < -0.3 is 5.32 Å². The van der Waals surface area contributed by atoms with Crippen LogP contribution in [0.25, 0.3) is 11.4 Å². The number of aromatic nitrogens is 4. The lowest BCUT2D eigenvalue weighted by atomic mass is 10.3. The molecule has 0 bridgehead atoms. The monoisotopic (exact) mass is 343 g/mol. The Morgan fingerprint density at radius 1 is 1.21 bits per heavy atom. The van der Waals surface area contributed by atoms with Gasteiger partial charge in [-0.25, -0.2) is 9.37 Å². The van der Waals surface area contributed by atoms with E-state index in [0.29, 0.717) is 16.7 Å². The predicted molar refractivity (Wildman–Crippen MR) is 90.0 cm³/mol. The molecule has 1 atom stereocenters. The minimum atomic E-state index is -0.406. The fraction of sp³-hybridized carbons (Fsp3) is 0.125. The molecule has 2 N–H and O–H groups in total. The topological polar surface area (TPSA) is 83.6 Å². The zero-order chi connectivity index (χ0) is 16.9. The van der Waals surface area contributed by atoms with E-state index in [2.05, 4.69) is 25.5 Å². The lowest BCUT2D eigenvalue weighted by Crippen LogP contribution is -2.22. The summed E-state index contributed by atoms with van der Waals surface area (Å²) in [5, 5.41) is 9.75. The molecule has 122 valence electrons. The fourth-order valence-corrected chi connectivity index (χ4v) is 2.65. The van der Waals surface area contributed by atoms with Crippen LogP contribution in [0.1, 0.15) is 6.92 Å². The molecule has 1 aromatic carbocycles. The van der Waals surface area contributed by atoms with Gasteiger partial charge in [0.2, 0.25) is 11.1 Å². The van der Waals surface area contributed by atoms with Crippen molar-refractivity contribution in [1.29, 1.82) is 0 Å². The number of hydrogen-bond acceptors (Lipinski definition) is 5. The minimum absolute atomic E-state index is 0.207. The Balaban J connectivity index is 1.62. The van der Waals surface area contributed by atoms with Crippen molar-refractivity contribution in [3.63, 3.8) is 0 Å². The van der Waals surface area contributed by atoms with Crippen LogP contribution in [0.4, 0.5) is 10.1 Å². The number of amides is 1. The molecule has 0 radical (unpaired) electrons. The molecule has 0 aliphatic carbocycles. The van der Waals surface area contributed by atoms with E-state index in [4.69, 9.17) is 0 Å². The first-order valence-electron chi connectivity index (χ1n) is 7.18. The van der Waals surface area contributed by atoms with E-state index in [1.54, 1.807) is 19.3 Å². The van der Waals surface area contributed by atoms with Crippen molar-refractivity contribution in [2.45, 2.75) is 17.3 Å². The third-order valence-corrected chi connectivity index (χ3v) is 4.14. The molecule has 0 fully saturated rings. The number of anilines is 1. The minimum Gasteiger partial charge on any atom is -0.325 e. The third kappa shape index (κ3) is 3.96. The molecule has 3 aromatic rings. The number of aromatic amines is 1. The maximum absolute atomic E-state index is 12.9. The first-order valence-corrected chi connectivity index (χ1v) is 8.05. The Labute approximate surface area is 141 Å². The fourth-order valence-electron chi connectivity index (χ4n) is 1.93. The number of benzene rings is 1. The second-order valence-corrected chi connectivity index (χ2v) is 6.27. The van der Waals surface area contributed by atoms with Gasteiger partial charge in [-0.15, -0.1) is 5.10 Å². The van der Waals surface area contributed by atoms with Crippen molar-refractivity contribution in [2.75, 3.05) is 5.32 Å². The number of carbonyl (C=O) groups excluding carboxylic acids is 1. The van der Waals surface area contributed by atoms with Crippen LogP contribution in [-0.4, -0.2) is 31.3 Å². The zero-order valence-corrected chi connectivity index (χ0v) is 13.5. The molecule has 0 aliphatic rings. The third-order valence-electron chi connectivity index (χ3n) is 3.18. The van der Waals surface area contributed by atoms with Crippen LogP contribution in [0, 0.1) is 5.82 Å². The lowest BCUT2D eigenvalue weighted by Gasteiger charge is -2.09. The highest BCUT2D eigenvalue weighted by molar-refractivity contribution is 8.00. The van der Waals surface area contributed by atoms with Gasteiger partial charge in [-0.2, -0.15) is 0 Å². The molecule has 0 saturated carbocycles. The van der Waals surface area contributed by atoms with E-state index in [1.807, 2.05) is 12.1 Å². The van der Waals surface area contributed by atoms with Gasteiger partial charge in [-0.1, -0.05) is 11.8 Å². The summed E-state index contributed by atoms with van der Waals surface area (Å²) in [6.07, 6.45) is 3.34. The normalized spacial score (nSPS) is 11.9. The Hall–Kier alpha value is -2.74. The molecule has 8 heteroatoms. The molecule has 6 nitrogen and oxygen atoms in total. The highest BCUT2D eigenvalue weighted by Gasteiger charge is 2.17. The molecule has 1 amide bonds. The molecular weight excluding hydrogens is 329 g/mol. The smallest absolute Gasteiger partial charge is 0.237 e. The maximum Gasteiger partial charge on any atom is 0.237 e. The van der Waals surface area contributed by atoms with E-state index < -0.39 is 5.25 Å². The molecule has 0 saturated heterocycles. The second-order valence-electron chi connectivity index (χ2n) is 4.96. The Morgan fingerprint density at radius 2 is 1.92 bits per heavy atom. The largest absolute Gasteiger partial charge is 0.325 e. The van der Waals surface area contributed by atoms with Crippen LogP contribution >= 0.6 is 11.8 Å². The van der Waals surface area contributed by atoms with Gasteiger partial charge in [0, 0.05) is 23.6 Å². The summed E-state index contributed by atoms with van der Waals surface area (Å²) in [4.78, 5) is 20.5.